The number of para-hydroxylation sites is 1. The van der Waals surface area contributed by atoms with E-state index < -0.39 is 0 Å². The highest BCUT2D eigenvalue weighted by Crippen LogP contribution is 2.28. The molecule has 0 bridgehead atoms. The maximum Gasteiger partial charge on any atom is 0.328 e. The van der Waals surface area contributed by atoms with Crippen LogP contribution in [0.1, 0.15) is 43.5 Å². The quantitative estimate of drug-likeness (QED) is 0.626. The second-order valence-electron chi connectivity index (χ2n) is 5.03. The molecule has 0 radical (unpaired) electrons. The topological polar surface area (TPSA) is 46.6 Å². The Morgan fingerprint density at radius 1 is 1.30 bits per heavy atom. The fraction of sp³-hybridized carbons (Fsp3) is 0.500. The summed E-state index contributed by atoms with van der Waals surface area (Å²) in [5.41, 5.74) is 1.52. The van der Waals surface area contributed by atoms with Gasteiger partial charge in [-0.15, -0.1) is 0 Å². The highest BCUT2D eigenvalue weighted by Gasteiger charge is 2.31. The van der Waals surface area contributed by atoms with Gasteiger partial charge in [-0.25, -0.2) is 4.79 Å². The summed E-state index contributed by atoms with van der Waals surface area (Å²) in [7, 11) is 0. The van der Waals surface area contributed by atoms with Crippen LogP contribution in [0.2, 0.25) is 0 Å². The first-order valence-corrected chi connectivity index (χ1v) is 7.18. The van der Waals surface area contributed by atoms with Crippen molar-refractivity contribution in [2.75, 3.05) is 18.1 Å². The first-order valence-electron chi connectivity index (χ1n) is 7.18. The van der Waals surface area contributed by atoms with Gasteiger partial charge < -0.3 is 9.64 Å². The Bertz CT molecular complexity index is 498. The van der Waals surface area contributed by atoms with Crippen LogP contribution in [-0.2, 0) is 9.53 Å². The number of carbonyl (C=O) groups excluding carboxylic acids is 2. The highest BCUT2D eigenvalue weighted by atomic mass is 16.5. The van der Waals surface area contributed by atoms with Gasteiger partial charge in [-0.1, -0.05) is 12.1 Å². The van der Waals surface area contributed by atoms with Gasteiger partial charge in [0.1, 0.15) is 6.04 Å². The fourth-order valence-corrected chi connectivity index (χ4v) is 2.73. The molecule has 0 N–H and O–H groups in total. The number of esters is 1. The van der Waals surface area contributed by atoms with Gasteiger partial charge >= 0.3 is 5.97 Å². The molecular formula is C16H21NO3. The molecule has 0 aliphatic carbocycles. The third kappa shape index (κ3) is 3.00. The highest BCUT2D eigenvalue weighted by molar-refractivity contribution is 6.00. The summed E-state index contributed by atoms with van der Waals surface area (Å²) in [4.78, 5) is 25.9. The molecule has 4 nitrogen and oxygen atoms in total. The lowest BCUT2D eigenvalue weighted by atomic mass is 9.99. The Balaban J connectivity index is 2.33. The predicted molar refractivity (Wildman–Crippen MR) is 78.1 cm³/mol. The van der Waals surface area contributed by atoms with E-state index in [1.807, 2.05) is 36.1 Å². The zero-order valence-corrected chi connectivity index (χ0v) is 12.1. The van der Waals surface area contributed by atoms with E-state index in [2.05, 4.69) is 0 Å². The van der Waals surface area contributed by atoms with Crippen LogP contribution in [0.25, 0.3) is 0 Å². The number of benzene rings is 1. The number of piperidine rings is 1. The molecule has 0 aromatic heterocycles. The van der Waals surface area contributed by atoms with Crippen LogP contribution in [0.5, 0.6) is 0 Å². The lowest BCUT2D eigenvalue weighted by molar-refractivity contribution is -0.145. The number of carbonyl (C=O) groups is 2. The van der Waals surface area contributed by atoms with Crippen molar-refractivity contribution < 1.29 is 14.3 Å². The number of nitrogens with zero attached hydrogens (tertiary/aromatic N) is 1. The Hall–Kier alpha value is -1.84. The minimum atomic E-state index is -0.274. The van der Waals surface area contributed by atoms with Crippen LogP contribution < -0.4 is 4.90 Å². The number of rotatable bonds is 4. The zero-order chi connectivity index (χ0) is 14.5. The van der Waals surface area contributed by atoms with Gasteiger partial charge in [-0.3, -0.25) is 4.79 Å². The molecule has 2 rings (SSSR count). The number of ether oxygens (including phenoxy) is 1. The van der Waals surface area contributed by atoms with E-state index in [1.165, 1.54) is 0 Å². The molecule has 1 atom stereocenters. The van der Waals surface area contributed by atoms with E-state index in [0.29, 0.717) is 12.2 Å². The molecule has 1 fully saturated rings. The van der Waals surface area contributed by atoms with Crippen molar-refractivity contribution in [3.05, 3.63) is 29.8 Å². The summed E-state index contributed by atoms with van der Waals surface area (Å²) < 4.78 is 5.17. The molecule has 1 aliphatic rings. The minimum absolute atomic E-state index is 0.0220. The predicted octanol–water partition coefficient (Wildman–Crippen LogP) is 2.81. The number of hydrogen-bond donors (Lipinski definition) is 0. The van der Waals surface area contributed by atoms with Crippen LogP contribution in [0.4, 0.5) is 5.69 Å². The van der Waals surface area contributed by atoms with Crippen LogP contribution in [0, 0.1) is 0 Å². The Morgan fingerprint density at radius 2 is 2.05 bits per heavy atom. The second-order valence-corrected chi connectivity index (χ2v) is 5.03. The van der Waals surface area contributed by atoms with Crippen molar-refractivity contribution in [2.24, 2.45) is 0 Å². The monoisotopic (exact) mass is 275 g/mol. The maximum absolute atomic E-state index is 12.1. The van der Waals surface area contributed by atoms with Crippen molar-refractivity contribution >= 4 is 17.4 Å². The van der Waals surface area contributed by atoms with Crippen LogP contribution in [0.3, 0.4) is 0 Å². The Labute approximate surface area is 119 Å². The van der Waals surface area contributed by atoms with Gasteiger partial charge in [0, 0.05) is 17.8 Å². The summed E-state index contributed by atoms with van der Waals surface area (Å²) in [6.45, 7) is 4.54. The molecular weight excluding hydrogens is 254 g/mol. The van der Waals surface area contributed by atoms with E-state index in [4.69, 9.17) is 4.74 Å². The van der Waals surface area contributed by atoms with Gasteiger partial charge in [0.05, 0.1) is 6.61 Å². The standard InChI is InChI=1S/C16H21NO3/c1-3-20-16(19)15-10-6-7-11-17(15)14-9-5-4-8-13(14)12(2)18/h4-5,8-9,15H,3,6-7,10-11H2,1-2H3. The summed E-state index contributed by atoms with van der Waals surface area (Å²) in [5.74, 6) is -0.167. The summed E-state index contributed by atoms with van der Waals surface area (Å²) >= 11 is 0. The molecule has 0 spiro atoms. The van der Waals surface area contributed by atoms with E-state index in [0.717, 1.165) is 31.5 Å². The molecule has 1 heterocycles. The molecule has 4 heteroatoms. The van der Waals surface area contributed by atoms with Gasteiger partial charge in [0.15, 0.2) is 5.78 Å². The SMILES string of the molecule is CCOC(=O)C1CCCCN1c1ccccc1C(C)=O. The molecule has 1 saturated heterocycles. The Morgan fingerprint density at radius 3 is 2.75 bits per heavy atom. The molecule has 1 unspecified atom stereocenters. The average molecular weight is 275 g/mol. The molecule has 1 aromatic carbocycles. The number of anilines is 1. The lowest BCUT2D eigenvalue weighted by Gasteiger charge is -2.36. The molecule has 0 saturated carbocycles. The largest absolute Gasteiger partial charge is 0.464 e. The smallest absolute Gasteiger partial charge is 0.328 e. The van der Waals surface area contributed by atoms with E-state index >= 15 is 0 Å². The molecule has 1 aromatic rings. The normalized spacial score (nSPS) is 18.7. The van der Waals surface area contributed by atoms with Gasteiger partial charge in [-0.05, 0) is 45.2 Å². The van der Waals surface area contributed by atoms with E-state index in [-0.39, 0.29) is 17.8 Å². The van der Waals surface area contributed by atoms with Crippen molar-refractivity contribution in [3.63, 3.8) is 0 Å². The van der Waals surface area contributed by atoms with Gasteiger partial charge in [0.2, 0.25) is 0 Å². The van der Waals surface area contributed by atoms with Crippen molar-refractivity contribution in [1.29, 1.82) is 0 Å². The number of hydrogen-bond acceptors (Lipinski definition) is 4. The Kier molecular flexibility index (Phi) is 4.77. The zero-order valence-electron chi connectivity index (χ0n) is 12.1. The van der Waals surface area contributed by atoms with Crippen LogP contribution >= 0.6 is 0 Å². The number of Topliss-reactive ketones (excluding diaryl/α,β-unsaturated/α-hetero) is 1. The molecule has 1 aliphatic heterocycles. The summed E-state index contributed by atoms with van der Waals surface area (Å²) in [5, 5.41) is 0. The maximum atomic E-state index is 12.1. The average Bonchev–Trinajstić information content (AvgIpc) is 2.47. The third-order valence-electron chi connectivity index (χ3n) is 3.65. The second kappa shape index (κ2) is 6.55. The third-order valence-corrected chi connectivity index (χ3v) is 3.65. The first kappa shape index (κ1) is 14.6. The fourth-order valence-electron chi connectivity index (χ4n) is 2.73. The summed E-state index contributed by atoms with van der Waals surface area (Å²) in [6.07, 6.45) is 2.83. The lowest BCUT2D eigenvalue weighted by Crippen LogP contribution is -2.46. The van der Waals surface area contributed by atoms with Crippen molar-refractivity contribution in [1.82, 2.24) is 0 Å². The van der Waals surface area contributed by atoms with E-state index in [9.17, 15) is 9.59 Å². The number of ketones is 1. The molecule has 20 heavy (non-hydrogen) atoms. The van der Waals surface area contributed by atoms with Crippen LogP contribution in [0.15, 0.2) is 24.3 Å². The van der Waals surface area contributed by atoms with Crippen molar-refractivity contribution in [3.8, 4) is 0 Å². The summed E-state index contributed by atoms with van der Waals surface area (Å²) in [6, 6.07) is 7.20. The van der Waals surface area contributed by atoms with Gasteiger partial charge in [0.25, 0.3) is 0 Å². The van der Waals surface area contributed by atoms with Crippen LogP contribution in [-0.4, -0.2) is 30.9 Å². The van der Waals surface area contributed by atoms with Crippen molar-refractivity contribution in [2.45, 2.75) is 39.2 Å². The molecule has 0 amide bonds. The van der Waals surface area contributed by atoms with E-state index in [1.54, 1.807) is 6.92 Å². The minimum Gasteiger partial charge on any atom is -0.464 e. The first-order chi connectivity index (χ1) is 9.65. The molecule has 108 valence electrons. The van der Waals surface area contributed by atoms with Gasteiger partial charge in [-0.2, -0.15) is 0 Å².